The van der Waals surface area contributed by atoms with Crippen LogP contribution in [0.25, 0.3) is 0 Å². The number of amides is 1. The summed E-state index contributed by atoms with van der Waals surface area (Å²) in [6, 6.07) is 0. The lowest BCUT2D eigenvalue weighted by Crippen LogP contribution is -2.43. The number of hydrogen-bond donors (Lipinski definition) is 1. The van der Waals surface area contributed by atoms with Gasteiger partial charge in [-0.25, -0.2) is 4.98 Å². The fourth-order valence-corrected chi connectivity index (χ4v) is 1.86. The summed E-state index contributed by atoms with van der Waals surface area (Å²) in [6.07, 6.45) is 4.53. The second-order valence-electron chi connectivity index (χ2n) is 4.40. The van der Waals surface area contributed by atoms with Gasteiger partial charge in [-0.1, -0.05) is 18.7 Å². The maximum absolute atomic E-state index is 11.7. The number of hydrogen-bond acceptors (Lipinski definition) is 3. The van der Waals surface area contributed by atoms with E-state index in [4.69, 9.17) is 0 Å². The third kappa shape index (κ3) is 3.89. The van der Waals surface area contributed by atoms with Gasteiger partial charge in [-0.15, -0.1) is 0 Å². The molecule has 0 aromatic carbocycles. The first-order valence-electron chi connectivity index (χ1n) is 5.36. The molecule has 0 bridgehead atoms. The standard InChI is InChI=1S/C11H19N3OS/c1-5-11(2,3)13-9(15)8-16-10-12-6-7-14(10)4/h6-7H,5,8H2,1-4H3,(H,13,15). The molecule has 1 heterocycles. The van der Waals surface area contributed by atoms with E-state index in [1.807, 2.05) is 31.7 Å². The molecule has 0 aliphatic rings. The molecule has 1 aromatic heterocycles. The van der Waals surface area contributed by atoms with Gasteiger partial charge in [0.25, 0.3) is 0 Å². The highest BCUT2D eigenvalue weighted by Gasteiger charge is 2.17. The molecule has 90 valence electrons. The van der Waals surface area contributed by atoms with Gasteiger partial charge in [0.05, 0.1) is 5.75 Å². The molecule has 0 spiro atoms. The minimum absolute atomic E-state index is 0.0554. The van der Waals surface area contributed by atoms with Gasteiger partial charge in [0, 0.05) is 25.0 Å². The number of carbonyl (C=O) groups is 1. The SMILES string of the molecule is CCC(C)(C)NC(=O)CSc1nccn1C. The smallest absolute Gasteiger partial charge is 0.230 e. The number of rotatable bonds is 5. The highest BCUT2D eigenvalue weighted by molar-refractivity contribution is 7.99. The zero-order chi connectivity index (χ0) is 12.2. The summed E-state index contributed by atoms with van der Waals surface area (Å²) in [6.45, 7) is 6.11. The molecule has 0 aliphatic carbocycles. The predicted octanol–water partition coefficient (Wildman–Crippen LogP) is 1.82. The van der Waals surface area contributed by atoms with Crippen molar-refractivity contribution in [2.45, 2.75) is 37.9 Å². The molecule has 1 aromatic rings. The van der Waals surface area contributed by atoms with Crippen molar-refractivity contribution in [1.29, 1.82) is 0 Å². The molecule has 4 nitrogen and oxygen atoms in total. The summed E-state index contributed by atoms with van der Waals surface area (Å²) in [7, 11) is 1.92. The molecule has 16 heavy (non-hydrogen) atoms. The number of aryl methyl sites for hydroxylation is 1. The normalized spacial score (nSPS) is 11.5. The molecule has 1 rings (SSSR count). The molecule has 0 saturated heterocycles. The number of carbonyl (C=O) groups excluding carboxylic acids is 1. The van der Waals surface area contributed by atoms with Crippen LogP contribution in [0.1, 0.15) is 27.2 Å². The summed E-state index contributed by atoms with van der Waals surface area (Å²) in [5.41, 5.74) is -0.126. The van der Waals surface area contributed by atoms with Crippen molar-refractivity contribution in [3.63, 3.8) is 0 Å². The third-order valence-corrected chi connectivity index (χ3v) is 3.53. The van der Waals surface area contributed by atoms with E-state index in [1.54, 1.807) is 6.20 Å². The Hall–Kier alpha value is -0.970. The molecule has 0 atom stereocenters. The van der Waals surface area contributed by atoms with E-state index in [9.17, 15) is 4.79 Å². The van der Waals surface area contributed by atoms with Crippen LogP contribution in [0.2, 0.25) is 0 Å². The molecule has 0 unspecified atom stereocenters. The first-order valence-corrected chi connectivity index (χ1v) is 6.34. The van der Waals surface area contributed by atoms with Crippen LogP contribution in [-0.2, 0) is 11.8 Å². The van der Waals surface area contributed by atoms with E-state index in [-0.39, 0.29) is 11.4 Å². The van der Waals surface area contributed by atoms with E-state index in [1.165, 1.54) is 11.8 Å². The summed E-state index contributed by atoms with van der Waals surface area (Å²) in [5.74, 6) is 0.466. The molecule has 0 radical (unpaired) electrons. The summed E-state index contributed by atoms with van der Waals surface area (Å²) >= 11 is 1.45. The first kappa shape index (κ1) is 13.1. The number of thioether (sulfide) groups is 1. The Kier molecular flexibility index (Phi) is 4.41. The third-order valence-electron chi connectivity index (χ3n) is 2.47. The zero-order valence-corrected chi connectivity index (χ0v) is 11.1. The molecule has 0 saturated carbocycles. The lowest BCUT2D eigenvalue weighted by Gasteiger charge is -2.24. The van der Waals surface area contributed by atoms with Crippen molar-refractivity contribution in [2.75, 3.05) is 5.75 Å². The molecule has 1 N–H and O–H groups in total. The monoisotopic (exact) mass is 241 g/mol. The van der Waals surface area contributed by atoms with E-state index >= 15 is 0 Å². The van der Waals surface area contributed by atoms with Gasteiger partial charge in [0.1, 0.15) is 0 Å². The van der Waals surface area contributed by atoms with E-state index in [2.05, 4.69) is 17.2 Å². The Labute approximate surface area is 101 Å². The fraction of sp³-hybridized carbons (Fsp3) is 0.636. The average Bonchev–Trinajstić information content (AvgIpc) is 2.60. The quantitative estimate of drug-likeness (QED) is 0.800. The Morgan fingerprint density at radius 3 is 2.81 bits per heavy atom. The average molecular weight is 241 g/mol. The number of aromatic nitrogens is 2. The minimum atomic E-state index is -0.126. The van der Waals surface area contributed by atoms with Gasteiger partial charge in [-0.05, 0) is 20.3 Å². The maximum atomic E-state index is 11.7. The summed E-state index contributed by atoms with van der Waals surface area (Å²) in [5, 5.41) is 3.86. The minimum Gasteiger partial charge on any atom is -0.351 e. The Bertz CT molecular complexity index is 360. The van der Waals surface area contributed by atoms with Crippen molar-refractivity contribution < 1.29 is 4.79 Å². The predicted molar refractivity (Wildman–Crippen MR) is 66.4 cm³/mol. The van der Waals surface area contributed by atoms with Gasteiger partial charge in [-0.3, -0.25) is 4.79 Å². The lowest BCUT2D eigenvalue weighted by molar-refractivity contribution is -0.120. The molecule has 0 fully saturated rings. The largest absolute Gasteiger partial charge is 0.351 e. The molecule has 0 aliphatic heterocycles. The van der Waals surface area contributed by atoms with Crippen LogP contribution < -0.4 is 5.32 Å². The van der Waals surface area contributed by atoms with Crippen molar-refractivity contribution >= 4 is 17.7 Å². The molecular formula is C11H19N3OS. The number of nitrogens with one attached hydrogen (secondary N) is 1. The van der Waals surface area contributed by atoms with Crippen LogP contribution in [0.4, 0.5) is 0 Å². The second-order valence-corrected chi connectivity index (χ2v) is 5.34. The fourth-order valence-electron chi connectivity index (χ4n) is 1.12. The van der Waals surface area contributed by atoms with Gasteiger partial charge < -0.3 is 9.88 Å². The lowest BCUT2D eigenvalue weighted by atomic mass is 10.0. The van der Waals surface area contributed by atoms with Crippen LogP contribution in [0.5, 0.6) is 0 Å². The Morgan fingerprint density at radius 1 is 1.62 bits per heavy atom. The van der Waals surface area contributed by atoms with Crippen LogP contribution in [0.15, 0.2) is 17.6 Å². The van der Waals surface area contributed by atoms with Crippen LogP contribution in [0, 0.1) is 0 Å². The van der Waals surface area contributed by atoms with E-state index in [0.717, 1.165) is 11.6 Å². The van der Waals surface area contributed by atoms with Crippen LogP contribution in [-0.4, -0.2) is 26.8 Å². The second kappa shape index (κ2) is 5.39. The van der Waals surface area contributed by atoms with Gasteiger partial charge in [0.2, 0.25) is 5.91 Å². The molecule has 5 heteroatoms. The maximum Gasteiger partial charge on any atom is 0.230 e. The zero-order valence-electron chi connectivity index (χ0n) is 10.3. The van der Waals surface area contributed by atoms with E-state index in [0.29, 0.717) is 5.75 Å². The summed E-state index contributed by atoms with van der Waals surface area (Å²) < 4.78 is 1.91. The van der Waals surface area contributed by atoms with Crippen LogP contribution >= 0.6 is 11.8 Å². The highest BCUT2D eigenvalue weighted by Crippen LogP contribution is 2.14. The van der Waals surface area contributed by atoms with Gasteiger partial charge in [-0.2, -0.15) is 0 Å². The topological polar surface area (TPSA) is 46.9 Å². The van der Waals surface area contributed by atoms with Crippen molar-refractivity contribution in [1.82, 2.24) is 14.9 Å². The van der Waals surface area contributed by atoms with Gasteiger partial charge >= 0.3 is 0 Å². The number of imidazole rings is 1. The van der Waals surface area contributed by atoms with Crippen molar-refractivity contribution in [3.8, 4) is 0 Å². The van der Waals surface area contributed by atoms with E-state index < -0.39 is 0 Å². The number of nitrogens with zero attached hydrogens (tertiary/aromatic N) is 2. The Morgan fingerprint density at radius 2 is 2.31 bits per heavy atom. The van der Waals surface area contributed by atoms with Gasteiger partial charge in [0.15, 0.2) is 5.16 Å². The van der Waals surface area contributed by atoms with Crippen molar-refractivity contribution in [2.24, 2.45) is 7.05 Å². The van der Waals surface area contributed by atoms with Crippen molar-refractivity contribution in [3.05, 3.63) is 12.4 Å². The molecular weight excluding hydrogens is 222 g/mol. The Balaban J connectivity index is 2.39. The molecule has 1 amide bonds. The summed E-state index contributed by atoms with van der Waals surface area (Å²) in [4.78, 5) is 15.8. The van der Waals surface area contributed by atoms with Crippen LogP contribution in [0.3, 0.4) is 0 Å². The first-order chi connectivity index (χ1) is 7.44. The highest BCUT2D eigenvalue weighted by atomic mass is 32.2.